The molecular formula is C16H23NO2. The highest BCUT2D eigenvalue weighted by atomic mass is 16.5. The van der Waals surface area contributed by atoms with Crippen LogP contribution in [0.1, 0.15) is 44.2 Å². The minimum absolute atomic E-state index is 0.291. The second kappa shape index (κ2) is 5.41. The van der Waals surface area contributed by atoms with Gasteiger partial charge in [0.1, 0.15) is 17.6 Å². The summed E-state index contributed by atoms with van der Waals surface area (Å²) >= 11 is 0. The zero-order valence-corrected chi connectivity index (χ0v) is 11.9. The Bertz CT molecular complexity index is 454. The molecule has 1 heterocycles. The Balaban J connectivity index is 1.77. The molecule has 0 spiro atoms. The molecule has 104 valence electrons. The monoisotopic (exact) mass is 261 g/mol. The molecule has 0 radical (unpaired) electrons. The van der Waals surface area contributed by atoms with Gasteiger partial charge >= 0.3 is 0 Å². The molecule has 1 aliphatic carbocycles. The highest BCUT2D eigenvalue weighted by Crippen LogP contribution is 2.35. The third kappa shape index (κ3) is 2.71. The Morgan fingerprint density at radius 3 is 2.89 bits per heavy atom. The van der Waals surface area contributed by atoms with E-state index in [-0.39, 0.29) is 0 Å². The molecule has 1 aromatic rings. The Hall–Kier alpha value is -1.22. The molecule has 0 saturated heterocycles. The fourth-order valence-corrected chi connectivity index (χ4v) is 2.78. The van der Waals surface area contributed by atoms with Crippen LogP contribution >= 0.6 is 0 Å². The molecule has 1 N–H and O–H groups in total. The second-order valence-electron chi connectivity index (χ2n) is 5.64. The first-order valence-electron chi connectivity index (χ1n) is 7.45. The maximum atomic E-state index is 5.84. The Morgan fingerprint density at radius 2 is 2.21 bits per heavy atom. The second-order valence-corrected chi connectivity index (χ2v) is 5.64. The fourth-order valence-electron chi connectivity index (χ4n) is 2.78. The minimum atomic E-state index is 0.291. The molecule has 0 bridgehead atoms. The van der Waals surface area contributed by atoms with Gasteiger partial charge in [0.2, 0.25) is 0 Å². The SMILES string of the molecule is CCOc1cc2c(cc1CNC1CCC1)OC(C)C2. The molecule has 1 aliphatic heterocycles. The molecule has 1 fully saturated rings. The van der Waals surface area contributed by atoms with E-state index >= 15 is 0 Å². The molecule has 0 aromatic heterocycles. The number of fused-ring (bicyclic) bond motifs is 1. The van der Waals surface area contributed by atoms with E-state index in [1.807, 2.05) is 6.92 Å². The van der Waals surface area contributed by atoms with Crippen LogP contribution in [-0.4, -0.2) is 18.8 Å². The van der Waals surface area contributed by atoms with Gasteiger partial charge in [0.05, 0.1) is 6.61 Å². The molecule has 1 saturated carbocycles. The molecule has 1 aromatic carbocycles. The largest absolute Gasteiger partial charge is 0.494 e. The molecular weight excluding hydrogens is 238 g/mol. The van der Waals surface area contributed by atoms with Gasteiger partial charge in [0.15, 0.2) is 0 Å². The summed E-state index contributed by atoms with van der Waals surface area (Å²) in [7, 11) is 0. The van der Waals surface area contributed by atoms with Crippen molar-refractivity contribution in [1.82, 2.24) is 5.32 Å². The predicted octanol–water partition coefficient (Wildman–Crippen LogP) is 3.05. The first kappa shape index (κ1) is 12.8. The van der Waals surface area contributed by atoms with Crippen LogP contribution in [-0.2, 0) is 13.0 Å². The third-order valence-corrected chi connectivity index (χ3v) is 4.07. The number of ether oxygens (including phenoxy) is 2. The summed E-state index contributed by atoms with van der Waals surface area (Å²) in [5.74, 6) is 2.06. The molecule has 3 nitrogen and oxygen atoms in total. The van der Waals surface area contributed by atoms with Crippen molar-refractivity contribution < 1.29 is 9.47 Å². The number of hydrogen-bond donors (Lipinski definition) is 1. The first-order chi connectivity index (χ1) is 9.26. The normalized spacial score (nSPS) is 21.7. The van der Waals surface area contributed by atoms with E-state index in [1.165, 1.54) is 30.4 Å². The zero-order chi connectivity index (χ0) is 13.2. The van der Waals surface area contributed by atoms with Crippen LogP contribution in [0.3, 0.4) is 0 Å². The van der Waals surface area contributed by atoms with Crippen LogP contribution in [0.2, 0.25) is 0 Å². The lowest BCUT2D eigenvalue weighted by atomic mass is 9.93. The van der Waals surface area contributed by atoms with Crippen molar-refractivity contribution in [3.63, 3.8) is 0 Å². The standard InChI is InChI=1S/C16H23NO2/c1-3-18-15-8-12-7-11(2)19-16(12)9-13(15)10-17-14-5-4-6-14/h8-9,11,14,17H,3-7,10H2,1-2H3. The summed E-state index contributed by atoms with van der Waals surface area (Å²) in [6.07, 6.45) is 5.26. The molecule has 1 atom stereocenters. The maximum absolute atomic E-state index is 5.84. The van der Waals surface area contributed by atoms with Gasteiger partial charge < -0.3 is 14.8 Å². The van der Waals surface area contributed by atoms with Crippen molar-refractivity contribution >= 4 is 0 Å². The van der Waals surface area contributed by atoms with Crippen molar-refractivity contribution in [2.75, 3.05) is 6.61 Å². The van der Waals surface area contributed by atoms with E-state index in [4.69, 9.17) is 9.47 Å². The van der Waals surface area contributed by atoms with Gasteiger partial charge in [-0.2, -0.15) is 0 Å². The van der Waals surface area contributed by atoms with E-state index in [0.717, 1.165) is 24.5 Å². The highest BCUT2D eigenvalue weighted by molar-refractivity contribution is 5.48. The van der Waals surface area contributed by atoms with Crippen molar-refractivity contribution in [1.29, 1.82) is 0 Å². The van der Waals surface area contributed by atoms with Crippen molar-refractivity contribution in [2.45, 2.75) is 58.2 Å². The summed E-state index contributed by atoms with van der Waals surface area (Å²) in [6.45, 7) is 5.75. The third-order valence-electron chi connectivity index (χ3n) is 4.07. The van der Waals surface area contributed by atoms with E-state index in [9.17, 15) is 0 Å². The molecule has 19 heavy (non-hydrogen) atoms. The summed E-state index contributed by atoms with van der Waals surface area (Å²) in [6, 6.07) is 5.03. The number of hydrogen-bond acceptors (Lipinski definition) is 3. The van der Waals surface area contributed by atoms with Crippen LogP contribution < -0.4 is 14.8 Å². The van der Waals surface area contributed by atoms with Gasteiger partial charge in [-0.25, -0.2) is 0 Å². The Labute approximate surface area is 115 Å². The van der Waals surface area contributed by atoms with Gasteiger partial charge in [0, 0.05) is 30.1 Å². The highest BCUT2D eigenvalue weighted by Gasteiger charge is 2.23. The average molecular weight is 261 g/mol. The van der Waals surface area contributed by atoms with Crippen LogP contribution in [0.5, 0.6) is 11.5 Å². The molecule has 0 amide bonds. The van der Waals surface area contributed by atoms with Crippen molar-refractivity contribution in [3.8, 4) is 11.5 Å². The summed E-state index contributed by atoms with van der Waals surface area (Å²) in [5, 5.41) is 3.60. The predicted molar refractivity (Wildman–Crippen MR) is 75.9 cm³/mol. The lowest BCUT2D eigenvalue weighted by Crippen LogP contribution is -2.34. The number of benzene rings is 1. The van der Waals surface area contributed by atoms with Gasteiger partial charge in [-0.15, -0.1) is 0 Å². The number of rotatable bonds is 5. The minimum Gasteiger partial charge on any atom is -0.494 e. The van der Waals surface area contributed by atoms with E-state index in [1.54, 1.807) is 0 Å². The summed E-state index contributed by atoms with van der Waals surface area (Å²) < 4.78 is 11.6. The number of nitrogens with one attached hydrogen (secondary N) is 1. The average Bonchev–Trinajstić information content (AvgIpc) is 2.67. The Morgan fingerprint density at radius 1 is 1.37 bits per heavy atom. The molecule has 3 heteroatoms. The summed E-state index contributed by atoms with van der Waals surface area (Å²) in [5.41, 5.74) is 2.50. The van der Waals surface area contributed by atoms with Crippen LogP contribution in [0.25, 0.3) is 0 Å². The lowest BCUT2D eigenvalue weighted by Gasteiger charge is -2.27. The molecule has 2 aliphatic rings. The zero-order valence-electron chi connectivity index (χ0n) is 11.9. The van der Waals surface area contributed by atoms with Gasteiger partial charge in [-0.3, -0.25) is 0 Å². The van der Waals surface area contributed by atoms with Crippen LogP contribution in [0.15, 0.2) is 12.1 Å². The van der Waals surface area contributed by atoms with E-state index in [0.29, 0.717) is 18.8 Å². The van der Waals surface area contributed by atoms with Crippen LogP contribution in [0, 0.1) is 0 Å². The summed E-state index contributed by atoms with van der Waals surface area (Å²) in [4.78, 5) is 0. The first-order valence-corrected chi connectivity index (χ1v) is 7.45. The quantitative estimate of drug-likeness (QED) is 0.883. The molecule has 1 unspecified atom stereocenters. The van der Waals surface area contributed by atoms with Gasteiger partial charge in [-0.05, 0) is 38.8 Å². The van der Waals surface area contributed by atoms with Crippen LogP contribution in [0.4, 0.5) is 0 Å². The molecule has 3 rings (SSSR count). The van der Waals surface area contributed by atoms with Gasteiger partial charge in [-0.1, -0.05) is 6.42 Å². The Kier molecular flexibility index (Phi) is 3.65. The van der Waals surface area contributed by atoms with E-state index < -0.39 is 0 Å². The van der Waals surface area contributed by atoms with E-state index in [2.05, 4.69) is 24.4 Å². The van der Waals surface area contributed by atoms with Crippen molar-refractivity contribution in [2.24, 2.45) is 0 Å². The van der Waals surface area contributed by atoms with Gasteiger partial charge in [0.25, 0.3) is 0 Å². The lowest BCUT2D eigenvalue weighted by molar-refractivity contribution is 0.254. The topological polar surface area (TPSA) is 30.5 Å². The smallest absolute Gasteiger partial charge is 0.124 e. The fraction of sp³-hybridized carbons (Fsp3) is 0.625. The van der Waals surface area contributed by atoms with Crippen molar-refractivity contribution in [3.05, 3.63) is 23.3 Å². The maximum Gasteiger partial charge on any atom is 0.124 e.